The molecule has 1 aromatic heterocycles. The highest BCUT2D eigenvalue weighted by molar-refractivity contribution is 6.30. The van der Waals surface area contributed by atoms with Crippen LogP contribution in [0.3, 0.4) is 0 Å². The number of piperidine rings is 1. The smallest absolute Gasteiger partial charge is 0.179 e. The van der Waals surface area contributed by atoms with Gasteiger partial charge in [0.1, 0.15) is 0 Å². The largest absolute Gasteiger partial charge is 0.389 e. The summed E-state index contributed by atoms with van der Waals surface area (Å²) in [6.45, 7) is 8.74. The van der Waals surface area contributed by atoms with Crippen molar-refractivity contribution >= 4 is 28.3 Å². The number of halogens is 1. The third-order valence-corrected chi connectivity index (χ3v) is 9.05. The second-order valence-electron chi connectivity index (χ2n) is 12.0. The highest BCUT2D eigenvalue weighted by Crippen LogP contribution is 2.48. The number of hydrogen-bond donors (Lipinski definition) is 1. The van der Waals surface area contributed by atoms with Gasteiger partial charge in [0.15, 0.2) is 5.78 Å². The van der Waals surface area contributed by atoms with E-state index in [1.165, 1.54) is 0 Å². The van der Waals surface area contributed by atoms with Crippen LogP contribution in [-0.2, 0) is 6.42 Å². The number of hydrogen-bond acceptors (Lipinski definition) is 4. The van der Waals surface area contributed by atoms with Gasteiger partial charge >= 0.3 is 0 Å². The normalized spacial score (nSPS) is 23.9. The van der Waals surface area contributed by atoms with E-state index in [-0.39, 0.29) is 23.3 Å². The third-order valence-electron chi connectivity index (χ3n) is 8.80. The van der Waals surface area contributed by atoms with Gasteiger partial charge in [0.25, 0.3) is 0 Å². The minimum absolute atomic E-state index is 0.123. The van der Waals surface area contributed by atoms with Crippen LogP contribution in [0.15, 0.2) is 42.5 Å². The minimum atomic E-state index is -0.696. The van der Waals surface area contributed by atoms with Gasteiger partial charge in [-0.3, -0.25) is 9.69 Å². The molecule has 1 unspecified atom stereocenters. The maximum absolute atomic E-state index is 14.0. The van der Waals surface area contributed by atoms with Crippen molar-refractivity contribution in [2.75, 3.05) is 6.54 Å². The van der Waals surface area contributed by atoms with Gasteiger partial charge in [0.05, 0.1) is 23.7 Å². The van der Waals surface area contributed by atoms with E-state index in [2.05, 4.69) is 42.4 Å². The van der Waals surface area contributed by atoms with Crippen LogP contribution in [0.1, 0.15) is 74.5 Å². The summed E-state index contributed by atoms with van der Waals surface area (Å²) in [4.78, 5) is 16.4. The van der Waals surface area contributed by atoms with E-state index in [0.29, 0.717) is 37.3 Å². The fourth-order valence-electron chi connectivity index (χ4n) is 6.52. The average molecular weight is 518 g/mol. The number of carbonyl (C=O) groups excluding carboxylic acids is 1. The van der Waals surface area contributed by atoms with E-state index in [1.54, 1.807) is 0 Å². The van der Waals surface area contributed by atoms with Crippen molar-refractivity contribution in [3.05, 3.63) is 64.3 Å². The summed E-state index contributed by atoms with van der Waals surface area (Å²) in [6, 6.07) is 16.6. The van der Waals surface area contributed by atoms with Crippen LogP contribution >= 0.6 is 11.6 Å². The lowest BCUT2D eigenvalue weighted by Gasteiger charge is -2.49. The number of aryl methyl sites for hydroxylation is 1. The number of fused-ring (bicyclic) bond motifs is 3. The molecule has 2 fully saturated rings. The average Bonchev–Trinajstić information content (AvgIpc) is 3.26. The van der Waals surface area contributed by atoms with Crippen LogP contribution in [0.5, 0.6) is 0 Å². The predicted molar refractivity (Wildman–Crippen MR) is 148 cm³/mol. The molecule has 0 radical (unpaired) electrons. The molecule has 0 amide bonds. The maximum atomic E-state index is 14.0. The molecule has 3 atom stereocenters. The Kier molecular flexibility index (Phi) is 6.73. The fraction of sp³-hybridized carbons (Fsp3) is 0.484. The van der Waals surface area contributed by atoms with Gasteiger partial charge in [-0.15, -0.1) is 0 Å². The number of nitrogens with zero attached hydrogens (tertiary/aromatic N) is 3. The molecule has 3 heterocycles. The topological polar surface area (TPSA) is 69.3 Å². The van der Waals surface area contributed by atoms with Gasteiger partial charge in [-0.1, -0.05) is 44.5 Å². The SMILES string of the molecule is Cc1c(C(=O)CN2C3CC[C@@H]2C[C@](O)(C(C)(C)C)C3)c2ccc(CCC#N)cc2n1-c1ccc(Cl)cc1. The van der Waals surface area contributed by atoms with E-state index >= 15 is 0 Å². The molecule has 2 aliphatic heterocycles. The summed E-state index contributed by atoms with van der Waals surface area (Å²) < 4.78 is 2.14. The Labute approximate surface area is 224 Å². The molecule has 2 aromatic carbocycles. The lowest BCUT2D eigenvalue weighted by Crippen LogP contribution is -2.57. The van der Waals surface area contributed by atoms with E-state index in [9.17, 15) is 9.90 Å². The van der Waals surface area contributed by atoms with Crippen molar-refractivity contribution in [1.82, 2.24) is 9.47 Å². The monoisotopic (exact) mass is 517 g/mol. The molecule has 2 aliphatic rings. The Balaban J connectivity index is 1.52. The summed E-state index contributed by atoms with van der Waals surface area (Å²) in [5, 5.41) is 22.1. The first-order valence-electron chi connectivity index (χ1n) is 13.3. The highest BCUT2D eigenvalue weighted by Gasteiger charge is 2.52. The third kappa shape index (κ3) is 4.61. The molecule has 5 rings (SSSR count). The standard InChI is InChI=1S/C31H36ClN3O2/c1-20-29(28(36)19-34-24-12-13-25(34)18-31(37,17-24)30(2,3)4)26-14-7-21(6-5-15-33)16-27(26)35(20)23-10-8-22(32)9-11-23/h7-11,14,16,24-25,37H,5-6,12-13,17-19H2,1-4H3/t24-,25?,31-/m1/s1. The quantitative estimate of drug-likeness (QED) is 0.372. The zero-order valence-corrected chi connectivity index (χ0v) is 23.0. The Morgan fingerprint density at radius 1 is 1.14 bits per heavy atom. The van der Waals surface area contributed by atoms with Crippen LogP contribution in [0, 0.1) is 23.7 Å². The summed E-state index contributed by atoms with van der Waals surface area (Å²) in [6.07, 6.45) is 4.63. The zero-order chi connectivity index (χ0) is 26.5. The number of rotatable bonds is 6. The van der Waals surface area contributed by atoms with Gasteiger partial charge in [0, 0.05) is 45.9 Å². The van der Waals surface area contributed by atoms with Gasteiger partial charge in [-0.05, 0) is 80.3 Å². The summed E-state index contributed by atoms with van der Waals surface area (Å²) >= 11 is 6.17. The Bertz CT molecular complexity index is 1360. The molecular formula is C31H36ClN3O2. The Hall–Kier alpha value is -2.65. The number of aromatic nitrogens is 1. The molecule has 194 valence electrons. The summed E-state index contributed by atoms with van der Waals surface area (Å²) in [7, 11) is 0. The summed E-state index contributed by atoms with van der Waals surface area (Å²) in [5.74, 6) is 0.123. The lowest BCUT2D eigenvalue weighted by molar-refractivity contribution is -0.118. The fourth-order valence-corrected chi connectivity index (χ4v) is 6.65. The zero-order valence-electron chi connectivity index (χ0n) is 22.2. The number of ketones is 1. The van der Waals surface area contributed by atoms with E-state index in [0.717, 1.165) is 46.3 Å². The first-order chi connectivity index (χ1) is 17.5. The first kappa shape index (κ1) is 26.0. The number of aliphatic hydroxyl groups is 1. The molecule has 6 heteroatoms. The molecular weight excluding hydrogens is 482 g/mol. The van der Waals surface area contributed by atoms with Crippen molar-refractivity contribution in [2.24, 2.45) is 5.41 Å². The van der Waals surface area contributed by atoms with Gasteiger partial charge in [-0.25, -0.2) is 0 Å². The van der Waals surface area contributed by atoms with E-state index in [1.807, 2.05) is 43.3 Å². The molecule has 3 aromatic rings. The van der Waals surface area contributed by atoms with Crippen LogP contribution < -0.4 is 0 Å². The van der Waals surface area contributed by atoms with E-state index in [4.69, 9.17) is 16.9 Å². The highest BCUT2D eigenvalue weighted by atomic mass is 35.5. The molecule has 0 saturated carbocycles. The van der Waals surface area contributed by atoms with Gasteiger partial charge in [0.2, 0.25) is 0 Å². The number of nitriles is 1. The van der Waals surface area contributed by atoms with Crippen LogP contribution in [0.2, 0.25) is 5.02 Å². The van der Waals surface area contributed by atoms with Crippen molar-refractivity contribution in [3.8, 4) is 11.8 Å². The maximum Gasteiger partial charge on any atom is 0.179 e. The second-order valence-corrected chi connectivity index (χ2v) is 12.4. The van der Waals surface area contributed by atoms with E-state index < -0.39 is 5.60 Å². The summed E-state index contributed by atoms with van der Waals surface area (Å²) in [5.41, 5.74) is 3.80. The van der Waals surface area contributed by atoms with Crippen LogP contribution in [0.4, 0.5) is 0 Å². The Morgan fingerprint density at radius 3 is 2.38 bits per heavy atom. The van der Waals surface area contributed by atoms with Crippen molar-refractivity contribution in [2.45, 2.75) is 83.9 Å². The Morgan fingerprint density at radius 2 is 1.78 bits per heavy atom. The van der Waals surface area contributed by atoms with Gasteiger partial charge < -0.3 is 9.67 Å². The first-order valence-corrected chi connectivity index (χ1v) is 13.7. The molecule has 2 bridgehead atoms. The number of carbonyl (C=O) groups is 1. The van der Waals surface area contributed by atoms with Crippen molar-refractivity contribution in [1.29, 1.82) is 5.26 Å². The van der Waals surface area contributed by atoms with Crippen LogP contribution in [-0.4, -0.2) is 44.6 Å². The predicted octanol–water partition coefficient (Wildman–Crippen LogP) is 6.64. The van der Waals surface area contributed by atoms with Gasteiger partial charge in [-0.2, -0.15) is 5.26 Å². The second kappa shape index (κ2) is 9.58. The molecule has 0 spiro atoms. The number of Topliss-reactive ketones (excluding diaryl/α,β-unsaturated/α-hetero) is 1. The lowest BCUT2D eigenvalue weighted by atomic mass is 9.68. The number of benzene rings is 2. The minimum Gasteiger partial charge on any atom is -0.389 e. The molecule has 37 heavy (non-hydrogen) atoms. The van der Waals surface area contributed by atoms with Crippen molar-refractivity contribution in [3.63, 3.8) is 0 Å². The van der Waals surface area contributed by atoms with Crippen molar-refractivity contribution < 1.29 is 9.90 Å². The molecule has 1 N–H and O–H groups in total. The molecule has 5 nitrogen and oxygen atoms in total. The van der Waals surface area contributed by atoms with Crippen LogP contribution in [0.25, 0.3) is 16.6 Å². The molecule has 0 aliphatic carbocycles. The molecule has 2 saturated heterocycles.